The molecule has 39 heavy (non-hydrogen) atoms. The molecule has 0 fully saturated rings. The fourth-order valence-corrected chi connectivity index (χ4v) is 3.20. The molecule has 11 heteroatoms. The number of aliphatic carboxylic acids is 1. The largest absolute Gasteiger partial charge is 0.514 e. The first kappa shape index (κ1) is 33.7. The Bertz CT molecular complexity index is 1020. The Balaban J connectivity index is 3.50. The van der Waals surface area contributed by atoms with Gasteiger partial charge in [0.1, 0.15) is 11.2 Å². The highest BCUT2D eigenvalue weighted by molar-refractivity contribution is 5.82. The number of ether oxygens (including phenoxy) is 5. The van der Waals surface area contributed by atoms with Crippen LogP contribution in [0.1, 0.15) is 87.6 Å². The van der Waals surface area contributed by atoms with E-state index in [1.807, 2.05) is 20.8 Å². The molecule has 1 unspecified atom stereocenters. The minimum Gasteiger partial charge on any atom is -0.477 e. The van der Waals surface area contributed by atoms with Gasteiger partial charge in [-0.2, -0.15) is 0 Å². The van der Waals surface area contributed by atoms with Crippen LogP contribution in [0.3, 0.4) is 0 Å². The van der Waals surface area contributed by atoms with E-state index in [1.54, 1.807) is 48.5 Å². The van der Waals surface area contributed by atoms with Crippen LogP contribution in [0.5, 0.6) is 11.5 Å². The second-order valence-corrected chi connectivity index (χ2v) is 11.7. The summed E-state index contributed by atoms with van der Waals surface area (Å²) in [6, 6.07) is 3.79. The summed E-state index contributed by atoms with van der Waals surface area (Å²) in [4.78, 5) is 49.9. The summed E-state index contributed by atoms with van der Waals surface area (Å²) in [5.74, 6) is -2.51. The van der Waals surface area contributed by atoms with Gasteiger partial charge in [-0.3, -0.25) is 10.1 Å². The maximum absolute atomic E-state index is 12.6. The molecule has 1 aromatic rings. The van der Waals surface area contributed by atoms with E-state index < -0.39 is 41.2 Å². The van der Waals surface area contributed by atoms with Gasteiger partial charge in [0.2, 0.25) is 0 Å². The summed E-state index contributed by atoms with van der Waals surface area (Å²) < 4.78 is 26.5. The number of carbonyl (C=O) groups is 4. The van der Waals surface area contributed by atoms with Crippen LogP contribution in [0, 0.1) is 5.92 Å². The molecular weight excluding hydrogens is 510 g/mol. The zero-order chi connectivity index (χ0) is 30.2. The lowest BCUT2D eigenvalue weighted by Crippen LogP contribution is -2.59. The first-order valence-electron chi connectivity index (χ1n) is 12.9. The maximum atomic E-state index is 12.6. The lowest BCUT2D eigenvalue weighted by molar-refractivity contribution is -0.185. The molecule has 220 valence electrons. The maximum Gasteiger partial charge on any atom is 0.514 e. The molecule has 0 aliphatic heterocycles. The Hall–Kier alpha value is -3.34. The van der Waals surface area contributed by atoms with Gasteiger partial charge in [0, 0.05) is 18.9 Å². The molecule has 0 bridgehead atoms. The number of esters is 1. The van der Waals surface area contributed by atoms with Crippen molar-refractivity contribution < 1.29 is 48.0 Å². The highest BCUT2D eigenvalue weighted by Gasteiger charge is 2.44. The third-order valence-corrected chi connectivity index (χ3v) is 4.93. The van der Waals surface area contributed by atoms with Gasteiger partial charge in [-0.25, -0.2) is 14.4 Å². The lowest BCUT2D eigenvalue weighted by atomic mass is 10.00. The van der Waals surface area contributed by atoms with Crippen LogP contribution in [-0.4, -0.2) is 52.3 Å². The van der Waals surface area contributed by atoms with Crippen LogP contribution in [-0.2, 0) is 30.2 Å². The molecule has 0 spiro atoms. The summed E-state index contributed by atoms with van der Waals surface area (Å²) >= 11 is 0. The first-order valence-corrected chi connectivity index (χ1v) is 12.9. The zero-order valence-corrected chi connectivity index (χ0v) is 24.6. The van der Waals surface area contributed by atoms with Crippen LogP contribution in [0.25, 0.3) is 0 Å². The van der Waals surface area contributed by atoms with Crippen molar-refractivity contribution in [1.82, 2.24) is 5.32 Å². The van der Waals surface area contributed by atoms with E-state index in [2.05, 4.69) is 5.32 Å². The van der Waals surface area contributed by atoms with Crippen LogP contribution in [0.4, 0.5) is 9.59 Å². The van der Waals surface area contributed by atoms with Crippen molar-refractivity contribution >= 4 is 24.2 Å². The third kappa shape index (κ3) is 12.4. The summed E-state index contributed by atoms with van der Waals surface area (Å²) in [5, 5.41) is 13.1. The summed E-state index contributed by atoms with van der Waals surface area (Å²) in [7, 11) is 0. The van der Waals surface area contributed by atoms with Crippen LogP contribution in [0.2, 0.25) is 0 Å². The number of nitrogens with one attached hydrogen (secondary N) is 1. The number of hydrogen-bond acceptors (Lipinski definition) is 10. The summed E-state index contributed by atoms with van der Waals surface area (Å²) in [5.41, 5.74) is -3.52. The topological polar surface area (TPSA) is 147 Å². The van der Waals surface area contributed by atoms with Gasteiger partial charge < -0.3 is 28.8 Å². The predicted octanol–water partition coefficient (Wildman–Crippen LogP) is 5.62. The van der Waals surface area contributed by atoms with Crippen molar-refractivity contribution in [2.45, 2.75) is 111 Å². The second kappa shape index (κ2) is 13.6. The number of benzene rings is 1. The minimum absolute atomic E-state index is 0.0207. The van der Waals surface area contributed by atoms with Crippen molar-refractivity contribution in [3.05, 3.63) is 23.8 Å². The van der Waals surface area contributed by atoms with Crippen LogP contribution < -0.4 is 14.8 Å². The molecule has 2 N–H and O–H groups in total. The fourth-order valence-electron chi connectivity index (χ4n) is 3.20. The Morgan fingerprint density at radius 2 is 1.36 bits per heavy atom. The molecule has 0 aliphatic carbocycles. The van der Waals surface area contributed by atoms with E-state index in [-0.39, 0.29) is 36.3 Å². The van der Waals surface area contributed by atoms with Gasteiger partial charge >= 0.3 is 24.2 Å². The molecule has 0 saturated heterocycles. The molecule has 0 aliphatic rings. The number of carboxylic acids is 1. The monoisotopic (exact) mass is 553 g/mol. The molecule has 11 nitrogen and oxygen atoms in total. The van der Waals surface area contributed by atoms with Crippen LogP contribution >= 0.6 is 0 Å². The number of rotatable bonds is 11. The van der Waals surface area contributed by atoms with Crippen molar-refractivity contribution in [3.8, 4) is 11.5 Å². The first-order chi connectivity index (χ1) is 17.7. The second-order valence-electron chi connectivity index (χ2n) is 11.7. The van der Waals surface area contributed by atoms with Gasteiger partial charge in [0.15, 0.2) is 11.5 Å². The Morgan fingerprint density at radius 3 is 1.79 bits per heavy atom. The van der Waals surface area contributed by atoms with Gasteiger partial charge in [0.05, 0.1) is 0 Å². The normalized spacial score (nSPS) is 14.1. The number of carboxylic acid groups (broad SMARTS) is 1. The molecule has 1 rings (SSSR count). The third-order valence-electron chi connectivity index (χ3n) is 4.93. The van der Waals surface area contributed by atoms with Crippen molar-refractivity contribution in [2.75, 3.05) is 0 Å². The van der Waals surface area contributed by atoms with Crippen molar-refractivity contribution in [3.63, 3.8) is 0 Å². The lowest BCUT2D eigenvalue weighted by Gasteiger charge is -2.33. The number of hydrogen-bond donors (Lipinski definition) is 2. The zero-order valence-electron chi connectivity index (χ0n) is 24.6. The SMILES string of the molecule is CCC(C)N[C@@](Cc1ccc(OC(=O)OC(C)(C)C)c(OC(=O)OC(C)(C)C)c1)(OC(=O)CC(C)C)C(=O)O. The van der Waals surface area contributed by atoms with E-state index >= 15 is 0 Å². The molecule has 0 aromatic heterocycles. The average molecular weight is 554 g/mol. The molecule has 2 atom stereocenters. The van der Waals surface area contributed by atoms with E-state index in [4.69, 9.17) is 23.7 Å². The number of carbonyl (C=O) groups excluding carboxylic acids is 3. The van der Waals surface area contributed by atoms with Gasteiger partial charge in [-0.05, 0) is 78.5 Å². The molecule has 0 radical (unpaired) electrons. The molecule has 1 aromatic carbocycles. The Kier molecular flexibility index (Phi) is 11.8. The fraction of sp³-hybridized carbons (Fsp3) is 0.643. The van der Waals surface area contributed by atoms with Crippen LogP contribution in [0.15, 0.2) is 18.2 Å². The minimum atomic E-state index is -2.11. The molecule has 0 heterocycles. The van der Waals surface area contributed by atoms with Gasteiger partial charge in [-0.1, -0.05) is 26.8 Å². The van der Waals surface area contributed by atoms with Crippen molar-refractivity contribution in [1.29, 1.82) is 0 Å². The Morgan fingerprint density at radius 1 is 0.846 bits per heavy atom. The molecular formula is C28H43NO10. The standard InChI is InChI=1S/C28H43NO10/c1-11-18(4)29-28(23(31)32,37-22(30)14-17(2)3)16-19-12-13-20(35-24(33)38-26(5,6)7)21(15-19)36-25(34)39-27(8,9)10/h12-13,15,17-18,29H,11,14,16H2,1-10H3,(H,31,32)/t18?,28-/m0/s1. The molecule has 0 saturated carbocycles. The van der Waals surface area contributed by atoms with E-state index in [1.165, 1.54) is 18.2 Å². The predicted molar refractivity (Wildman–Crippen MR) is 143 cm³/mol. The van der Waals surface area contributed by atoms with E-state index in [0.29, 0.717) is 12.0 Å². The summed E-state index contributed by atoms with van der Waals surface area (Å²) in [6.07, 6.45) is -1.85. The molecule has 0 amide bonds. The van der Waals surface area contributed by atoms with E-state index in [9.17, 15) is 24.3 Å². The summed E-state index contributed by atoms with van der Waals surface area (Å²) in [6.45, 7) is 17.2. The van der Waals surface area contributed by atoms with Gasteiger partial charge in [0.25, 0.3) is 5.72 Å². The Labute approximate surface area is 230 Å². The van der Waals surface area contributed by atoms with E-state index in [0.717, 1.165) is 0 Å². The average Bonchev–Trinajstić information content (AvgIpc) is 2.71. The van der Waals surface area contributed by atoms with Gasteiger partial charge in [-0.15, -0.1) is 0 Å². The highest BCUT2D eigenvalue weighted by Crippen LogP contribution is 2.32. The highest BCUT2D eigenvalue weighted by atomic mass is 16.8. The van der Waals surface area contributed by atoms with Crippen molar-refractivity contribution in [2.24, 2.45) is 5.92 Å². The quantitative estimate of drug-likeness (QED) is 0.152. The smallest absolute Gasteiger partial charge is 0.477 e.